The van der Waals surface area contributed by atoms with E-state index in [0.29, 0.717) is 21.2 Å². The maximum atomic E-state index is 12.5. The fourth-order valence-electron chi connectivity index (χ4n) is 2.59. The minimum absolute atomic E-state index is 0.246. The molecule has 0 aliphatic rings. The van der Waals surface area contributed by atoms with Crippen LogP contribution in [-0.2, 0) is 9.53 Å². The third-order valence-electron chi connectivity index (χ3n) is 3.89. The van der Waals surface area contributed by atoms with Gasteiger partial charge in [-0.1, -0.05) is 54.1 Å². The van der Waals surface area contributed by atoms with Crippen LogP contribution in [0.15, 0.2) is 66.1 Å². The topological polar surface area (TPSA) is 55.4 Å². The van der Waals surface area contributed by atoms with Crippen LogP contribution < -0.4 is 5.32 Å². The van der Waals surface area contributed by atoms with Crippen molar-refractivity contribution < 1.29 is 14.3 Å². The highest BCUT2D eigenvalue weighted by molar-refractivity contribution is 7.15. The first kappa shape index (κ1) is 19.9. The molecule has 0 fully saturated rings. The summed E-state index contributed by atoms with van der Waals surface area (Å²) in [6, 6.07) is 16.7. The molecule has 0 saturated carbocycles. The lowest BCUT2D eigenvalue weighted by atomic mass is 10.0. The Kier molecular flexibility index (Phi) is 6.63. The average molecular weight is 412 g/mol. The van der Waals surface area contributed by atoms with Gasteiger partial charge in [-0.25, -0.2) is 4.79 Å². The van der Waals surface area contributed by atoms with E-state index in [9.17, 15) is 9.59 Å². The molecule has 1 aromatic heterocycles. The minimum Gasteiger partial charge on any atom is -0.462 e. The maximum absolute atomic E-state index is 12.5. The standard InChI is InChI=1S/C22H18ClNO3S/c1-2-27-22(26)20-18(16-9-11-17(23)12-10-16)14-28-21(20)24-19(25)13-8-15-6-4-3-5-7-15/h3-14H,2H2,1H3,(H,24,25)/b13-8+. The highest BCUT2D eigenvalue weighted by Gasteiger charge is 2.22. The van der Waals surface area contributed by atoms with Crippen molar-refractivity contribution in [1.82, 2.24) is 0 Å². The van der Waals surface area contributed by atoms with Crippen LogP contribution in [0.5, 0.6) is 0 Å². The number of carbonyl (C=O) groups excluding carboxylic acids is 2. The van der Waals surface area contributed by atoms with Gasteiger partial charge in [-0.15, -0.1) is 11.3 Å². The van der Waals surface area contributed by atoms with E-state index < -0.39 is 5.97 Å². The van der Waals surface area contributed by atoms with Gasteiger partial charge in [0, 0.05) is 22.0 Å². The number of hydrogen-bond acceptors (Lipinski definition) is 4. The van der Waals surface area contributed by atoms with Crippen molar-refractivity contribution in [1.29, 1.82) is 0 Å². The fraction of sp³-hybridized carbons (Fsp3) is 0.0909. The summed E-state index contributed by atoms with van der Waals surface area (Å²) in [6.07, 6.45) is 3.15. The molecular weight excluding hydrogens is 394 g/mol. The van der Waals surface area contributed by atoms with Crippen molar-refractivity contribution in [2.24, 2.45) is 0 Å². The van der Waals surface area contributed by atoms with E-state index in [0.717, 1.165) is 11.1 Å². The summed E-state index contributed by atoms with van der Waals surface area (Å²) < 4.78 is 5.20. The summed E-state index contributed by atoms with van der Waals surface area (Å²) in [5, 5.41) is 5.67. The summed E-state index contributed by atoms with van der Waals surface area (Å²) in [5.41, 5.74) is 2.78. The Labute approximate surface area is 172 Å². The lowest BCUT2D eigenvalue weighted by Gasteiger charge is -2.08. The van der Waals surface area contributed by atoms with Crippen LogP contribution in [0.1, 0.15) is 22.8 Å². The van der Waals surface area contributed by atoms with Gasteiger partial charge in [0.05, 0.1) is 6.61 Å². The molecule has 0 aliphatic carbocycles. The van der Waals surface area contributed by atoms with Gasteiger partial charge in [-0.2, -0.15) is 0 Å². The second-order valence-electron chi connectivity index (χ2n) is 5.81. The van der Waals surface area contributed by atoms with Crippen molar-refractivity contribution in [2.75, 3.05) is 11.9 Å². The Balaban J connectivity index is 1.88. The highest BCUT2D eigenvalue weighted by Crippen LogP contribution is 2.36. The van der Waals surface area contributed by atoms with E-state index in [1.54, 1.807) is 25.1 Å². The summed E-state index contributed by atoms with van der Waals surface area (Å²) in [5.74, 6) is -0.796. The van der Waals surface area contributed by atoms with Crippen molar-refractivity contribution in [3.63, 3.8) is 0 Å². The van der Waals surface area contributed by atoms with Crippen LogP contribution in [0.2, 0.25) is 5.02 Å². The van der Waals surface area contributed by atoms with Gasteiger partial charge in [0.1, 0.15) is 10.6 Å². The molecule has 142 valence electrons. The third kappa shape index (κ3) is 4.88. The number of anilines is 1. The Morgan fingerprint density at radius 2 is 1.82 bits per heavy atom. The fourth-order valence-corrected chi connectivity index (χ4v) is 3.67. The van der Waals surface area contributed by atoms with Gasteiger partial charge in [0.25, 0.3) is 0 Å². The molecule has 2 aromatic carbocycles. The summed E-state index contributed by atoms with van der Waals surface area (Å²) in [6.45, 7) is 1.99. The minimum atomic E-state index is -0.476. The average Bonchev–Trinajstić information content (AvgIpc) is 3.11. The zero-order valence-electron chi connectivity index (χ0n) is 15.1. The maximum Gasteiger partial charge on any atom is 0.341 e. The van der Waals surface area contributed by atoms with Crippen LogP contribution in [0, 0.1) is 0 Å². The molecule has 0 atom stereocenters. The molecule has 0 bridgehead atoms. The molecule has 6 heteroatoms. The highest BCUT2D eigenvalue weighted by atomic mass is 35.5. The second-order valence-corrected chi connectivity index (χ2v) is 7.13. The lowest BCUT2D eigenvalue weighted by molar-refractivity contribution is -0.111. The first-order valence-electron chi connectivity index (χ1n) is 8.67. The molecule has 28 heavy (non-hydrogen) atoms. The largest absolute Gasteiger partial charge is 0.462 e. The number of halogens is 1. The van der Waals surface area contributed by atoms with Crippen molar-refractivity contribution in [3.8, 4) is 11.1 Å². The first-order chi connectivity index (χ1) is 13.6. The van der Waals surface area contributed by atoms with Gasteiger partial charge < -0.3 is 10.1 Å². The first-order valence-corrected chi connectivity index (χ1v) is 9.93. The van der Waals surface area contributed by atoms with Gasteiger partial charge in [-0.3, -0.25) is 4.79 Å². The summed E-state index contributed by atoms with van der Waals surface area (Å²) in [4.78, 5) is 24.9. The normalized spacial score (nSPS) is 10.8. The van der Waals surface area contributed by atoms with E-state index in [4.69, 9.17) is 16.3 Å². The molecule has 4 nitrogen and oxygen atoms in total. The number of esters is 1. The number of amides is 1. The molecular formula is C22H18ClNO3S. The van der Waals surface area contributed by atoms with Crippen molar-refractivity contribution in [2.45, 2.75) is 6.92 Å². The van der Waals surface area contributed by atoms with Crippen molar-refractivity contribution >= 4 is 45.9 Å². The SMILES string of the molecule is CCOC(=O)c1c(-c2ccc(Cl)cc2)csc1NC(=O)/C=C/c1ccccc1. The van der Waals surface area contributed by atoms with Gasteiger partial charge >= 0.3 is 5.97 Å². The number of carbonyl (C=O) groups is 2. The summed E-state index contributed by atoms with van der Waals surface area (Å²) in [7, 11) is 0. The quantitative estimate of drug-likeness (QED) is 0.406. The van der Waals surface area contributed by atoms with Crippen molar-refractivity contribution in [3.05, 3.63) is 82.2 Å². The molecule has 1 amide bonds. The zero-order chi connectivity index (χ0) is 19.9. The number of ether oxygens (including phenoxy) is 1. The third-order valence-corrected chi connectivity index (χ3v) is 5.04. The van der Waals surface area contributed by atoms with Crippen LogP contribution in [0.3, 0.4) is 0 Å². The van der Waals surface area contributed by atoms with Crippen LogP contribution in [0.25, 0.3) is 17.2 Å². The van der Waals surface area contributed by atoms with Gasteiger partial charge in [0.15, 0.2) is 0 Å². The van der Waals surface area contributed by atoms with Gasteiger partial charge in [-0.05, 0) is 36.3 Å². The van der Waals surface area contributed by atoms with E-state index in [1.165, 1.54) is 17.4 Å². The van der Waals surface area contributed by atoms with E-state index in [-0.39, 0.29) is 12.5 Å². The molecule has 1 N–H and O–H groups in total. The number of nitrogens with one attached hydrogen (secondary N) is 1. The smallest absolute Gasteiger partial charge is 0.341 e. The molecule has 0 aliphatic heterocycles. The van der Waals surface area contributed by atoms with E-state index >= 15 is 0 Å². The Morgan fingerprint density at radius 1 is 1.11 bits per heavy atom. The molecule has 3 rings (SSSR count). The summed E-state index contributed by atoms with van der Waals surface area (Å²) >= 11 is 7.24. The monoisotopic (exact) mass is 411 g/mol. The second kappa shape index (κ2) is 9.35. The van der Waals surface area contributed by atoms with Gasteiger partial charge in [0.2, 0.25) is 5.91 Å². The Hall–Kier alpha value is -2.89. The van der Waals surface area contributed by atoms with E-state index in [2.05, 4.69) is 5.32 Å². The number of thiophene rings is 1. The molecule has 0 saturated heterocycles. The number of rotatable bonds is 6. The Morgan fingerprint density at radius 3 is 2.50 bits per heavy atom. The zero-order valence-corrected chi connectivity index (χ0v) is 16.7. The molecule has 0 unspecified atom stereocenters. The number of hydrogen-bond donors (Lipinski definition) is 1. The molecule has 3 aromatic rings. The van der Waals surface area contributed by atoms with Crippen LogP contribution in [0.4, 0.5) is 5.00 Å². The predicted molar refractivity (Wildman–Crippen MR) is 115 cm³/mol. The predicted octanol–water partition coefficient (Wildman–Crippen LogP) is 5.90. The van der Waals surface area contributed by atoms with E-state index in [1.807, 2.05) is 47.8 Å². The molecule has 1 heterocycles. The Bertz CT molecular complexity index is 994. The van der Waals surface area contributed by atoms with Crippen LogP contribution in [-0.4, -0.2) is 18.5 Å². The van der Waals surface area contributed by atoms with Crippen LogP contribution >= 0.6 is 22.9 Å². The number of benzene rings is 2. The molecule has 0 radical (unpaired) electrons. The molecule has 0 spiro atoms. The lowest BCUT2D eigenvalue weighted by Crippen LogP contribution is -2.12.